The first-order valence-electron chi connectivity index (χ1n) is 4.34. The molecule has 70 valence electrons. The molecule has 1 aliphatic rings. The van der Waals surface area contributed by atoms with Crippen LogP contribution in [0.15, 0.2) is 18.2 Å². The third-order valence-corrected chi connectivity index (χ3v) is 2.54. The number of hydrogen-bond acceptors (Lipinski definition) is 2. The smallest absolute Gasteiger partial charge is 0.128 e. The van der Waals surface area contributed by atoms with Crippen LogP contribution in [-0.2, 0) is 12.1 Å². The highest BCUT2D eigenvalue weighted by molar-refractivity contribution is 5.34. The topological polar surface area (TPSA) is 46.2 Å². The first-order chi connectivity index (χ1) is 6.15. The molecule has 1 saturated carbocycles. The molecule has 0 amide bonds. The Morgan fingerprint density at radius 1 is 1.46 bits per heavy atom. The third kappa shape index (κ3) is 1.45. The molecule has 0 radical (unpaired) electrons. The molecule has 1 aromatic carbocycles. The molecule has 13 heavy (non-hydrogen) atoms. The SMILES string of the molecule is NC1(c2cc(CO)ccc2F)CC1. The van der Waals surface area contributed by atoms with Gasteiger partial charge < -0.3 is 10.8 Å². The van der Waals surface area contributed by atoms with Gasteiger partial charge >= 0.3 is 0 Å². The van der Waals surface area contributed by atoms with E-state index < -0.39 is 5.54 Å². The summed E-state index contributed by atoms with van der Waals surface area (Å²) < 4.78 is 13.3. The van der Waals surface area contributed by atoms with Crippen molar-refractivity contribution in [1.82, 2.24) is 0 Å². The minimum Gasteiger partial charge on any atom is -0.392 e. The first-order valence-corrected chi connectivity index (χ1v) is 4.34. The Bertz CT molecular complexity index is 334. The Morgan fingerprint density at radius 3 is 2.69 bits per heavy atom. The van der Waals surface area contributed by atoms with Crippen molar-refractivity contribution in [2.45, 2.75) is 25.0 Å². The van der Waals surface area contributed by atoms with Crippen molar-refractivity contribution in [2.24, 2.45) is 5.73 Å². The summed E-state index contributed by atoms with van der Waals surface area (Å²) in [6.07, 6.45) is 1.66. The van der Waals surface area contributed by atoms with Crippen molar-refractivity contribution < 1.29 is 9.50 Å². The van der Waals surface area contributed by atoms with E-state index in [1.807, 2.05) is 0 Å². The summed E-state index contributed by atoms with van der Waals surface area (Å²) in [5.41, 5.74) is 6.66. The molecule has 0 spiro atoms. The molecular weight excluding hydrogens is 169 g/mol. The van der Waals surface area contributed by atoms with Crippen LogP contribution in [0.5, 0.6) is 0 Å². The second-order valence-electron chi connectivity index (χ2n) is 3.63. The minimum atomic E-state index is -0.463. The van der Waals surface area contributed by atoms with Crippen LogP contribution in [0, 0.1) is 5.82 Å². The summed E-state index contributed by atoms with van der Waals surface area (Å²) in [7, 11) is 0. The summed E-state index contributed by atoms with van der Waals surface area (Å²) in [5, 5.41) is 8.88. The maximum Gasteiger partial charge on any atom is 0.128 e. The molecule has 0 bridgehead atoms. The van der Waals surface area contributed by atoms with E-state index in [1.54, 1.807) is 12.1 Å². The molecule has 0 saturated heterocycles. The van der Waals surface area contributed by atoms with Crippen LogP contribution < -0.4 is 5.73 Å². The number of rotatable bonds is 2. The van der Waals surface area contributed by atoms with Gasteiger partial charge in [-0.25, -0.2) is 4.39 Å². The zero-order valence-corrected chi connectivity index (χ0v) is 7.26. The van der Waals surface area contributed by atoms with Gasteiger partial charge in [0.05, 0.1) is 6.61 Å². The lowest BCUT2D eigenvalue weighted by molar-refractivity contribution is 0.281. The van der Waals surface area contributed by atoms with Gasteiger partial charge in [0, 0.05) is 11.1 Å². The molecule has 0 aromatic heterocycles. The summed E-state index contributed by atoms with van der Waals surface area (Å²) in [5.74, 6) is -0.266. The lowest BCUT2D eigenvalue weighted by atomic mass is 10.0. The summed E-state index contributed by atoms with van der Waals surface area (Å²) in [4.78, 5) is 0. The van der Waals surface area contributed by atoms with Crippen molar-refractivity contribution in [3.05, 3.63) is 35.1 Å². The van der Waals surface area contributed by atoms with E-state index in [9.17, 15) is 4.39 Å². The maximum atomic E-state index is 13.3. The normalized spacial score (nSPS) is 18.7. The molecule has 1 aromatic rings. The van der Waals surface area contributed by atoms with Gasteiger partial charge in [-0.2, -0.15) is 0 Å². The van der Waals surface area contributed by atoms with Crippen LogP contribution in [0.4, 0.5) is 4.39 Å². The number of hydrogen-bond donors (Lipinski definition) is 2. The fraction of sp³-hybridized carbons (Fsp3) is 0.400. The highest BCUT2D eigenvalue weighted by Gasteiger charge is 2.41. The van der Waals surface area contributed by atoms with Crippen molar-refractivity contribution in [3.63, 3.8) is 0 Å². The lowest BCUT2D eigenvalue weighted by Gasteiger charge is -2.11. The van der Waals surface area contributed by atoms with Crippen molar-refractivity contribution >= 4 is 0 Å². The Kier molecular flexibility index (Phi) is 1.86. The maximum absolute atomic E-state index is 13.3. The van der Waals surface area contributed by atoms with Crippen LogP contribution in [0.2, 0.25) is 0 Å². The molecule has 0 aliphatic heterocycles. The molecule has 1 aliphatic carbocycles. The molecule has 3 heteroatoms. The van der Waals surface area contributed by atoms with Gasteiger partial charge in [-0.15, -0.1) is 0 Å². The lowest BCUT2D eigenvalue weighted by Crippen LogP contribution is -2.20. The molecule has 1 fully saturated rings. The van der Waals surface area contributed by atoms with Gasteiger partial charge in [0.1, 0.15) is 5.82 Å². The molecular formula is C10H12FNO. The van der Waals surface area contributed by atoms with E-state index in [0.29, 0.717) is 11.1 Å². The summed E-state index contributed by atoms with van der Waals surface area (Å²) in [6.45, 7) is -0.0661. The standard InChI is InChI=1S/C10H12FNO/c11-9-2-1-7(6-13)5-8(9)10(12)3-4-10/h1-2,5,13H,3-4,6,12H2. The predicted octanol–water partition coefficient (Wildman–Crippen LogP) is 1.27. The van der Waals surface area contributed by atoms with E-state index in [2.05, 4.69) is 0 Å². The second kappa shape index (κ2) is 2.79. The highest BCUT2D eigenvalue weighted by atomic mass is 19.1. The number of aliphatic hydroxyl groups is 1. The molecule has 3 N–H and O–H groups in total. The minimum absolute atomic E-state index is 0.0661. The first kappa shape index (κ1) is 8.66. The molecule has 0 heterocycles. The van der Waals surface area contributed by atoms with Crippen molar-refractivity contribution in [3.8, 4) is 0 Å². The van der Waals surface area contributed by atoms with Crippen molar-refractivity contribution in [1.29, 1.82) is 0 Å². The third-order valence-electron chi connectivity index (χ3n) is 2.54. The van der Waals surface area contributed by atoms with Crippen molar-refractivity contribution in [2.75, 3.05) is 0 Å². The molecule has 0 atom stereocenters. The van der Waals surface area contributed by atoms with Crippen LogP contribution in [-0.4, -0.2) is 5.11 Å². The van der Waals surface area contributed by atoms with Crippen LogP contribution in [0.1, 0.15) is 24.0 Å². The van der Waals surface area contributed by atoms with Gasteiger partial charge in [0.15, 0.2) is 0 Å². The Labute approximate surface area is 76.2 Å². The van der Waals surface area contributed by atoms with Gasteiger partial charge in [0.2, 0.25) is 0 Å². The van der Waals surface area contributed by atoms with Gasteiger partial charge in [-0.1, -0.05) is 6.07 Å². The molecule has 2 rings (SSSR count). The fourth-order valence-corrected chi connectivity index (χ4v) is 1.46. The zero-order chi connectivity index (χ0) is 9.47. The number of halogens is 1. The van der Waals surface area contributed by atoms with E-state index in [0.717, 1.165) is 12.8 Å². The van der Waals surface area contributed by atoms with Crippen LogP contribution in [0.25, 0.3) is 0 Å². The van der Waals surface area contributed by atoms with Gasteiger partial charge in [-0.05, 0) is 30.5 Å². The monoisotopic (exact) mass is 181 g/mol. The molecule has 0 unspecified atom stereocenters. The predicted molar refractivity (Wildman–Crippen MR) is 47.4 cm³/mol. The van der Waals surface area contributed by atoms with Crippen LogP contribution >= 0.6 is 0 Å². The Hall–Kier alpha value is -0.930. The number of benzene rings is 1. The fourth-order valence-electron chi connectivity index (χ4n) is 1.46. The van der Waals surface area contributed by atoms with E-state index in [1.165, 1.54) is 6.07 Å². The average molecular weight is 181 g/mol. The van der Waals surface area contributed by atoms with Gasteiger partial charge in [0.25, 0.3) is 0 Å². The highest BCUT2D eigenvalue weighted by Crippen LogP contribution is 2.43. The average Bonchev–Trinajstić information content (AvgIpc) is 2.86. The van der Waals surface area contributed by atoms with E-state index >= 15 is 0 Å². The Balaban J connectivity index is 2.43. The largest absolute Gasteiger partial charge is 0.392 e. The van der Waals surface area contributed by atoms with E-state index in [4.69, 9.17) is 10.8 Å². The summed E-state index contributed by atoms with van der Waals surface area (Å²) in [6, 6.07) is 4.60. The number of aliphatic hydroxyl groups excluding tert-OH is 1. The number of nitrogens with two attached hydrogens (primary N) is 1. The van der Waals surface area contributed by atoms with Crippen LogP contribution in [0.3, 0.4) is 0 Å². The second-order valence-corrected chi connectivity index (χ2v) is 3.63. The van der Waals surface area contributed by atoms with E-state index in [-0.39, 0.29) is 12.4 Å². The Morgan fingerprint density at radius 2 is 2.15 bits per heavy atom. The summed E-state index contributed by atoms with van der Waals surface area (Å²) >= 11 is 0. The zero-order valence-electron chi connectivity index (χ0n) is 7.26. The van der Waals surface area contributed by atoms with Gasteiger partial charge in [-0.3, -0.25) is 0 Å². The quantitative estimate of drug-likeness (QED) is 0.721. The molecule has 2 nitrogen and oxygen atoms in total.